The van der Waals surface area contributed by atoms with E-state index in [0.29, 0.717) is 62.8 Å². The van der Waals surface area contributed by atoms with E-state index >= 15 is 0 Å². The van der Waals surface area contributed by atoms with Crippen molar-refractivity contribution in [2.75, 3.05) is 66.3 Å². The highest BCUT2D eigenvalue weighted by molar-refractivity contribution is 7.89. The number of rotatable bonds is 14. The average Bonchev–Trinajstić information content (AvgIpc) is 2.82. The van der Waals surface area contributed by atoms with Gasteiger partial charge in [-0.1, -0.05) is 35.3 Å². The molecule has 2 aromatic rings. The monoisotopic (exact) mass is 529 g/mol. The minimum atomic E-state index is -1.31. The highest BCUT2D eigenvalue weighted by Gasteiger charge is 2.27. The largest absolute Gasteiger partial charge is 0.593 e. The molecular weight excluding hydrogens is 497 g/mol. The van der Waals surface area contributed by atoms with Gasteiger partial charge in [-0.15, -0.1) is 4.72 Å². The van der Waals surface area contributed by atoms with E-state index in [0.717, 1.165) is 34.7 Å². The Morgan fingerprint density at radius 2 is 1.68 bits per heavy atom. The van der Waals surface area contributed by atoms with Crippen LogP contribution in [0.15, 0.2) is 41.3 Å². The highest BCUT2D eigenvalue weighted by Crippen LogP contribution is 2.38. The van der Waals surface area contributed by atoms with Gasteiger partial charge in [0.1, 0.15) is 0 Å². The summed E-state index contributed by atoms with van der Waals surface area (Å²) in [4.78, 5) is 2.97. The summed E-state index contributed by atoms with van der Waals surface area (Å²) in [5.74, 6) is 0.156. The van der Waals surface area contributed by atoms with Gasteiger partial charge in [-0.2, -0.15) is 0 Å². The van der Waals surface area contributed by atoms with Gasteiger partial charge in [0.15, 0.2) is 4.90 Å². The minimum Gasteiger partial charge on any atom is -0.593 e. The highest BCUT2D eigenvalue weighted by atomic mass is 35.5. The summed E-state index contributed by atoms with van der Waals surface area (Å²) in [6.07, 6.45) is 0. The van der Waals surface area contributed by atoms with Crippen LogP contribution in [0.3, 0.4) is 0 Å². The molecule has 0 amide bonds. The standard InChI is InChI=1S/C24H33Cl2N3O4S/c1-29-16-22(21-14-19(25)15-24(26)23(21)17-29)18-2-4-20(5-3-18)34(30)28-7-9-32-11-13-33-12-10-31-8-6-27/h2-5,14-15,22,28H,6-13,16-17,27H2,1H3. The third-order valence-electron chi connectivity index (χ3n) is 5.47. The number of hydrogen-bond donors (Lipinski definition) is 2. The molecule has 1 aliphatic rings. The maximum atomic E-state index is 12.6. The Bertz CT molecular complexity index is 891. The molecule has 2 aromatic carbocycles. The van der Waals surface area contributed by atoms with E-state index in [-0.39, 0.29) is 5.92 Å². The quantitative estimate of drug-likeness (QED) is 0.286. The Hall–Kier alpha value is -0.910. The van der Waals surface area contributed by atoms with E-state index in [1.54, 1.807) is 6.07 Å². The van der Waals surface area contributed by atoms with Crippen molar-refractivity contribution in [3.05, 3.63) is 63.1 Å². The van der Waals surface area contributed by atoms with Crippen LogP contribution < -0.4 is 10.5 Å². The van der Waals surface area contributed by atoms with E-state index in [4.69, 9.17) is 43.1 Å². The predicted octanol–water partition coefficient (Wildman–Crippen LogP) is 3.19. The summed E-state index contributed by atoms with van der Waals surface area (Å²) in [7, 11) is 2.08. The fraction of sp³-hybridized carbons (Fsp3) is 0.500. The molecule has 0 saturated carbocycles. The fourth-order valence-corrected chi connectivity index (χ4v) is 5.26. The first kappa shape index (κ1) is 27.7. The molecule has 0 bridgehead atoms. The summed E-state index contributed by atoms with van der Waals surface area (Å²) in [5.41, 5.74) is 8.76. The van der Waals surface area contributed by atoms with Crippen LogP contribution in [0.5, 0.6) is 0 Å². The summed E-state index contributed by atoms with van der Waals surface area (Å²) in [6.45, 7) is 5.66. The Labute approximate surface area is 215 Å². The van der Waals surface area contributed by atoms with Gasteiger partial charge in [0, 0.05) is 35.6 Å². The van der Waals surface area contributed by atoms with E-state index < -0.39 is 11.4 Å². The summed E-state index contributed by atoms with van der Waals surface area (Å²) in [5, 5.41) is 1.34. The molecule has 7 nitrogen and oxygen atoms in total. The SMILES string of the molecule is CN1Cc2c(Cl)cc(Cl)cc2C(c2ccc([S+]([O-])NCCOCCOCCOCCN)cc2)C1. The lowest BCUT2D eigenvalue weighted by atomic mass is 9.85. The maximum absolute atomic E-state index is 12.6. The molecule has 1 aliphatic heterocycles. The van der Waals surface area contributed by atoms with Crippen molar-refractivity contribution >= 4 is 34.6 Å². The number of benzene rings is 2. The van der Waals surface area contributed by atoms with Gasteiger partial charge < -0.3 is 29.4 Å². The normalized spacial score (nSPS) is 17.0. The second-order valence-corrected chi connectivity index (χ2v) is 10.2. The molecule has 34 heavy (non-hydrogen) atoms. The lowest BCUT2D eigenvalue weighted by Gasteiger charge is -2.33. The zero-order valence-electron chi connectivity index (χ0n) is 19.4. The number of ether oxygens (including phenoxy) is 3. The van der Waals surface area contributed by atoms with Gasteiger partial charge in [-0.25, -0.2) is 0 Å². The Morgan fingerprint density at radius 1 is 1.03 bits per heavy atom. The summed E-state index contributed by atoms with van der Waals surface area (Å²) < 4.78 is 31.7. The molecule has 0 aliphatic carbocycles. The molecule has 3 N–H and O–H groups in total. The first-order chi connectivity index (χ1) is 16.5. The summed E-state index contributed by atoms with van der Waals surface area (Å²) >= 11 is 11.4. The van der Waals surface area contributed by atoms with Crippen LogP contribution >= 0.6 is 23.2 Å². The van der Waals surface area contributed by atoms with Gasteiger partial charge in [0.25, 0.3) is 0 Å². The lowest BCUT2D eigenvalue weighted by Crippen LogP contribution is -2.31. The van der Waals surface area contributed by atoms with Crippen molar-refractivity contribution in [1.82, 2.24) is 9.62 Å². The lowest BCUT2D eigenvalue weighted by molar-refractivity contribution is 0.0171. The van der Waals surface area contributed by atoms with Crippen LogP contribution in [-0.4, -0.2) is 75.8 Å². The maximum Gasteiger partial charge on any atom is 0.173 e. The van der Waals surface area contributed by atoms with Crippen LogP contribution in [0.2, 0.25) is 10.0 Å². The number of nitrogens with one attached hydrogen (secondary N) is 1. The van der Waals surface area contributed by atoms with Crippen molar-refractivity contribution in [2.45, 2.75) is 17.4 Å². The van der Waals surface area contributed by atoms with Crippen molar-refractivity contribution < 1.29 is 18.8 Å². The number of halogens is 2. The number of nitrogens with two attached hydrogens (primary N) is 1. The Balaban J connectivity index is 1.43. The molecule has 0 saturated heterocycles. The number of hydrogen-bond acceptors (Lipinski definition) is 7. The fourth-order valence-electron chi connectivity index (χ4n) is 3.87. The number of nitrogens with zero attached hydrogens (tertiary/aromatic N) is 1. The Morgan fingerprint density at radius 3 is 2.35 bits per heavy atom. The first-order valence-electron chi connectivity index (χ1n) is 11.3. The molecule has 2 unspecified atom stereocenters. The second kappa shape index (κ2) is 14.6. The van der Waals surface area contributed by atoms with E-state index in [2.05, 4.69) is 16.7 Å². The molecule has 0 fully saturated rings. The molecule has 0 spiro atoms. The van der Waals surface area contributed by atoms with Crippen LogP contribution in [0.25, 0.3) is 0 Å². The Kier molecular flexibility index (Phi) is 11.9. The van der Waals surface area contributed by atoms with Gasteiger partial charge in [-0.3, -0.25) is 0 Å². The van der Waals surface area contributed by atoms with Crippen LogP contribution in [0.4, 0.5) is 0 Å². The molecular formula is C24H33Cl2N3O4S. The van der Waals surface area contributed by atoms with E-state index in [1.807, 2.05) is 30.3 Å². The van der Waals surface area contributed by atoms with Gasteiger partial charge >= 0.3 is 0 Å². The van der Waals surface area contributed by atoms with E-state index in [9.17, 15) is 4.55 Å². The first-order valence-corrected chi connectivity index (χ1v) is 13.2. The molecule has 188 valence electrons. The topological polar surface area (TPSA) is 92.0 Å². The predicted molar refractivity (Wildman–Crippen MR) is 137 cm³/mol. The molecule has 10 heteroatoms. The van der Waals surface area contributed by atoms with E-state index in [1.165, 1.54) is 0 Å². The van der Waals surface area contributed by atoms with Crippen LogP contribution in [0.1, 0.15) is 22.6 Å². The molecule has 1 heterocycles. The van der Waals surface area contributed by atoms with Gasteiger partial charge in [0.05, 0.1) is 57.5 Å². The van der Waals surface area contributed by atoms with Crippen molar-refractivity contribution in [2.24, 2.45) is 5.73 Å². The van der Waals surface area contributed by atoms with Crippen molar-refractivity contribution in [3.63, 3.8) is 0 Å². The number of likely N-dealkylation sites (N-methyl/N-ethyl adjacent to an activating group) is 1. The third kappa shape index (κ3) is 8.34. The third-order valence-corrected chi connectivity index (χ3v) is 7.20. The minimum absolute atomic E-state index is 0.156. The zero-order chi connectivity index (χ0) is 24.3. The molecule has 3 rings (SSSR count). The molecule has 2 atom stereocenters. The van der Waals surface area contributed by atoms with Gasteiger partial charge in [-0.05, 0) is 48.0 Å². The zero-order valence-corrected chi connectivity index (χ0v) is 21.8. The summed E-state index contributed by atoms with van der Waals surface area (Å²) in [6, 6.07) is 11.7. The second-order valence-electron chi connectivity index (χ2n) is 8.06. The van der Waals surface area contributed by atoms with Crippen LogP contribution in [-0.2, 0) is 32.1 Å². The molecule has 0 radical (unpaired) electrons. The van der Waals surface area contributed by atoms with Crippen molar-refractivity contribution in [3.8, 4) is 0 Å². The average molecular weight is 531 g/mol. The van der Waals surface area contributed by atoms with Gasteiger partial charge in [0.2, 0.25) is 0 Å². The van der Waals surface area contributed by atoms with Crippen molar-refractivity contribution in [1.29, 1.82) is 0 Å². The van der Waals surface area contributed by atoms with Crippen LogP contribution in [0, 0.1) is 0 Å². The number of fused-ring (bicyclic) bond motifs is 1. The smallest absolute Gasteiger partial charge is 0.173 e. The molecule has 0 aromatic heterocycles.